The van der Waals surface area contributed by atoms with Gasteiger partial charge in [-0.1, -0.05) is 15.9 Å². The molecule has 1 aromatic carbocycles. The second kappa shape index (κ2) is 7.16. The Morgan fingerprint density at radius 2 is 1.84 bits per heavy atom. The number of benzene rings is 1. The lowest BCUT2D eigenvalue weighted by Gasteiger charge is -2.16. The van der Waals surface area contributed by atoms with Gasteiger partial charge in [0.15, 0.2) is 5.69 Å². The number of carbonyl (C=O) groups is 2. The molecule has 0 aliphatic heterocycles. The maximum Gasteiger partial charge on any atom is 0.432 e. The zero-order valence-electron chi connectivity index (χ0n) is 12.8. The van der Waals surface area contributed by atoms with Gasteiger partial charge >= 0.3 is 6.18 Å². The van der Waals surface area contributed by atoms with E-state index in [-0.39, 0.29) is 11.3 Å². The van der Waals surface area contributed by atoms with Gasteiger partial charge < -0.3 is 10.2 Å². The van der Waals surface area contributed by atoms with Gasteiger partial charge in [-0.05, 0) is 28.1 Å². The van der Waals surface area contributed by atoms with Crippen LogP contribution in [0.1, 0.15) is 26.5 Å². The minimum atomic E-state index is -4.64. The lowest BCUT2D eigenvalue weighted by atomic mass is 10.1. The summed E-state index contributed by atoms with van der Waals surface area (Å²) in [5, 5.41) is 7.54. The summed E-state index contributed by atoms with van der Waals surface area (Å²) in [6.45, 7) is 0. The molecule has 0 unspecified atom stereocenters. The Labute approximate surface area is 157 Å². The van der Waals surface area contributed by atoms with Crippen molar-refractivity contribution in [3.8, 4) is 0 Å². The van der Waals surface area contributed by atoms with E-state index in [0.29, 0.717) is 15.0 Å². The normalized spacial score (nSPS) is 11.3. The third-order valence-electron chi connectivity index (χ3n) is 3.05. The van der Waals surface area contributed by atoms with Crippen molar-refractivity contribution in [2.45, 2.75) is 6.18 Å². The van der Waals surface area contributed by atoms with Crippen molar-refractivity contribution in [2.75, 3.05) is 19.4 Å². The molecule has 0 saturated carbocycles. The summed E-state index contributed by atoms with van der Waals surface area (Å²) in [7, 11) is 3.07. The van der Waals surface area contributed by atoms with Gasteiger partial charge in [0.1, 0.15) is 5.69 Å². The topological polar surface area (TPSA) is 78.1 Å². The fourth-order valence-electron chi connectivity index (χ4n) is 1.87. The fraction of sp³-hybridized carbons (Fsp3) is 0.214. The zero-order chi connectivity index (χ0) is 18.9. The molecule has 2 N–H and O–H groups in total. The molecule has 0 bridgehead atoms. The third kappa shape index (κ3) is 4.40. The predicted molar refractivity (Wildman–Crippen MR) is 91.4 cm³/mol. The number of hydrogen-bond acceptors (Lipinski definition) is 3. The number of aromatic amines is 1. The van der Waals surface area contributed by atoms with Crippen molar-refractivity contribution in [1.82, 2.24) is 15.1 Å². The van der Waals surface area contributed by atoms with Crippen molar-refractivity contribution < 1.29 is 22.8 Å². The van der Waals surface area contributed by atoms with Crippen LogP contribution in [0.4, 0.5) is 18.9 Å². The number of carbonyl (C=O) groups excluding carboxylic acids is 2. The molecule has 0 radical (unpaired) electrons. The molecule has 2 amide bonds. The molecule has 0 aliphatic carbocycles. The maximum atomic E-state index is 12.6. The van der Waals surface area contributed by atoms with E-state index < -0.39 is 29.4 Å². The van der Waals surface area contributed by atoms with Crippen molar-refractivity contribution >= 4 is 49.4 Å². The molecule has 0 atom stereocenters. The Kier molecular flexibility index (Phi) is 5.57. The second-order valence-electron chi connectivity index (χ2n) is 5.13. The quantitative estimate of drug-likeness (QED) is 0.694. The Hall–Kier alpha value is -1.88. The van der Waals surface area contributed by atoms with Crippen LogP contribution in [0.5, 0.6) is 0 Å². The van der Waals surface area contributed by atoms with Crippen LogP contribution in [0.2, 0.25) is 0 Å². The van der Waals surface area contributed by atoms with Gasteiger partial charge in [0.2, 0.25) is 0 Å². The predicted octanol–water partition coefficient (Wildman–Crippen LogP) is 3.91. The summed E-state index contributed by atoms with van der Waals surface area (Å²) in [5.41, 5.74) is -1.31. The van der Waals surface area contributed by atoms with E-state index in [2.05, 4.69) is 42.3 Å². The van der Waals surface area contributed by atoms with Gasteiger partial charge in [-0.25, -0.2) is 0 Å². The van der Waals surface area contributed by atoms with Gasteiger partial charge in [-0.15, -0.1) is 0 Å². The van der Waals surface area contributed by atoms with Crippen molar-refractivity contribution in [1.29, 1.82) is 0 Å². The lowest BCUT2D eigenvalue weighted by molar-refractivity contribution is -0.141. The first-order valence-electron chi connectivity index (χ1n) is 6.65. The molecule has 1 aromatic heterocycles. The summed E-state index contributed by atoms with van der Waals surface area (Å²) in [6.07, 6.45) is -4.64. The zero-order valence-corrected chi connectivity index (χ0v) is 16.0. The maximum absolute atomic E-state index is 12.6. The lowest BCUT2D eigenvalue weighted by Crippen LogP contribution is -2.24. The minimum Gasteiger partial charge on any atom is -0.345 e. The van der Waals surface area contributed by atoms with E-state index in [9.17, 15) is 22.8 Å². The van der Waals surface area contributed by atoms with Crippen LogP contribution < -0.4 is 5.32 Å². The van der Waals surface area contributed by atoms with E-state index in [4.69, 9.17) is 0 Å². The first-order valence-corrected chi connectivity index (χ1v) is 8.24. The van der Waals surface area contributed by atoms with Gasteiger partial charge in [0, 0.05) is 29.1 Å². The standard InChI is InChI=1S/C14H11Br2F3N4O2/c1-23(2)13(25)7-3-6(15)4-8(16)11(7)20-12(24)9-5-10(22-21-9)14(17,18)19/h3-5H,1-2H3,(H,20,24)(H,21,22). The molecular weight excluding hydrogens is 473 g/mol. The first-order chi connectivity index (χ1) is 11.5. The Balaban J connectivity index is 2.38. The van der Waals surface area contributed by atoms with Gasteiger partial charge in [0.25, 0.3) is 11.8 Å². The van der Waals surface area contributed by atoms with Gasteiger partial charge in [-0.2, -0.15) is 18.3 Å². The average molecular weight is 484 g/mol. The molecule has 0 aliphatic rings. The van der Waals surface area contributed by atoms with Crippen LogP contribution in [-0.2, 0) is 6.18 Å². The number of anilines is 1. The largest absolute Gasteiger partial charge is 0.432 e. The van der Waals surface area contributed by atoms with Crippen LogP contribution in [0.25, 0.3) is 0 Å². The van der Waals surface area contributed by atoms with Crippen molar-refractivity contribution in [2.24, 2.45) is 0 Å². The van der Waals surface area contributed by atoms with Crippen LogP contribution in [0.15, 0.2) is 27.1 Å². The Morgan fingerprint density at radius 1 is 1.20 bits per heavy atom. The monoisotopic (exact) mass is 482 g/mol. The van der Waals surface area contributed by atoms with Crippen LogP contribution in [0.3, 0.4) is 0 Å². The van der Waals surface area contributed by atoms with E-state index in [0.717, 1.165) is 0 Å². The summed E-state index contributed by atoms with van der Waals surface area (Å²) in [5.74, 6) is -1.28. The van der Waals surface area contributed by atoms with Gasteiger partial charge in [0.05, 0.1) is 11.3 Å². The molecule has 2 rings (SSSR count). The average Bonchev–Trinajstić information content (AvgIpc) is 2.98. The Morgan fingerprint density at radius 3 is 2.36 bits per heavy atom. The van der Waals surface area contributed by atoms with E-state index in [1.807, 2.05) is 0 Å². The molecule has 2 aromatic rings. The highest BCUT2D eigenvalue weighted by Gasteiger charge is 2.34. The molecule has 25 heavy (non-hydrogen) atoms. The highest BCUT2D eigenvalue weighted by molar-refractivity contribution is 9.11. The first kappa shape index (κ1) is 19.4. The van der Waals surface area contributed by atoms with Crippen molar-refractivity contribution in [3.05, 3.63) is 44.1 Å². The number of nitrogens with one attached hydrogen (secondary N) is 2. The molecule has 1 heterocycles. The number of aromatic nitrogens is 2. The van der Waals surface area contributed by atoms with Crippen LogP contribution in [-0.4, -0.2) is 41.0 Å². The molecule has 0 fully saturated rings. The summed E-state index contributed by atoms with van der Waals surface area (Å²) >= 11 is 6.47. The molecule has 0 saturated heterocycles. The number of halogens is 5. The fourth-order valence-corrected chi connectivity index (χ4v) is 3.20. The second-order valence-corrected chi connectivity index (χ2v) is 6.90. The number of alkyl halides is 3. The molecular formula is C14H11Br2F3N4O2. The van der Waals surface area contributed by atoms with Crippen LogP contribution >= 0.6 is 31.9 Å². The number of H-pyrrole nitrogens is 1. The number of amides is 2. The van der Waals surface area contributed by atoms with Crippen molar-refractivity contribution in [3.63, 3.8) is 0 Å². The van der Waals surface area contributed by atoms with E-state index in [1.165, 1.54) is 25.1 Å². The SMILES string of the molecule is CN(C)C(=O)c1cc(Br)cc(Br)c1NC(=O)c1cc(C(F)(F)F)[nH]n1. The molecule has 11 heteroatoms. The minimum absolute atomic E-state index is 0.128. The van der Waals surface area contributed by atoms with E-state index in [1.54, 1.807) is 11.2 Å². The number of rotatable bonds is 3. The van der Waals surface area contributed by atoms with Gasteiger partial charge in [-0.3, -0.25) is 14.7 Å². The highest BCUT2D eigenvalue weighted by Crippen LogP contribution is 2.32. The van der Waals surface area contributed by atoms with Crippen LogP contribution in [0, 0.1) is 0 Å². The summed E-state index contributed by atoms with van der Waals surface area (Å²) in [4.78, 5) is 25.8. The third-order valence-corrected chi connectivity index (χ3v) is 4.13. The molecule has 6 nitrogen and oxygen atoms in total. The Bertz CT molecular complexity index is 834. The molecule has 134 valence electrons. The number of nitrogens with zero attached hydrogens (tertiary/aromatic N) is 2. The number of hydrogen-bond donors (Lipinski definition) is 2. The molecule has 0 spiro atoms. The highest BCUT2D eigenvalue weighted by atomic mass is 79.9. The summed E-state index contributed by atoms with van der Waals surface area (Å²) < 4.78 is 38.7. The smallest absolute Gasteiger partial charge is 0.345 e. The van der Waals surface area contributed by atoms with E-state index >= 15 is 0 Å². The summed E-state index contributed by atoms with van der Waals surface area (Å²) in [6, 6.07) is 3.68.